The molecule has 1 aliphatic rings. The topological polar surface area (TPSA) is 53.9 Å². The van der Waals surface area contributed by atoms with Gasteiger partial charge < -0.3 is 4.98 Å². The first-order valence-corrected chi connectivity index (χ1v) is 12.0. The number of aliphatic imine (C=N–C) groups is 1. The van der Waals surface area contributed by atoms with Gasteiger partial charge in [-0.2, -0.15) is 0 Å². The van der Waals surface area contributed by atoms with Gasteiger partial charge in [0.2, 0.25) is 0 Å². The van der Waals surface area contributed by atoms with Crippen molar-refractivity contribution in [2.24, 2.45) is 10.9 Å². The minimum Gasteiger partial charge on any atom is -0.342 e. The van der Waals surface area contributed by atoms with Gasteiger partial charge in [0.1, 0.15) is 5.82 Å². The van der Waals surface area contributed by atoms with Gasteiger partial charge in [-0.1, -0.05) is 58.0 Å². The normalized spacial score (nSPS) is 13.3. The van der Waals surface area contributed by atoms with Crippen molar-refractivity contribution in [3.8, 4) is 22.5 Å². The molecule has 0 amide bonds. The Morgan fingerprint density at radius 2 is 1.53 bits per heavy atom. The van der Waals surface area contributed by atoms with Crippen LogP contribution in [0.5, 0.6) is 0 Å². The van der Waals surface area contributed by atoms with E-state index in [9.17, 15) is 0 Å². The second-order valence-electron chi connectivity index (χ2n) is 9.90. The summed E-state index contributed by atoms with van der Waals surface area (Å²) in [5.41, 5.74) is 8.05. The third-order valence-corrected chi connectivity index (χ3v) is 6.87. The molecule has 0 bridgehead atoms. The number of hydrogen-bond acceptors (Lipinski definition) is 3. The molecule has 0 fully saturated rings. The highest BCUT2D eigenvalue weighted by Crippen LogP contribution is 2.36. The Kier molecular flexibility index (Phi) is 4.84. The molecule has 0 atom stereocenters. The molecule has 3 aromatic carbocycles. The Balaban J connectivity index is 1.34. The summed E-state index contributed by atoms with van der Waals surface area (Å²) in [6.07, 6.45) is 4.85. The predicted octanol–water partition coefficient (Wildman–Crippen LogP) is 7.85. The van der Waals surface area contributed by atoms with Gasteiger partial charge in [0.15, 0.2) is 0 Å². The Hall–Kier alpha value is -3.79. The Morgan fingerprint density at radius 3 is 2.32 bits per heavy atom. The number of H-pyrrole nitrogens is 1. The Bertz CT molecular complexity index is 1590. The minimum absolute atomic E-state index is 0.381. The summed E-state index contributed by atoms with van der Waals surface area (Å²) in [6, 6.07) is 19.7. The second kappa shape index (κ2) is 7.91. The lowest BCUT2D eigenvalue weighted by molar-refractivity contribution is 0.795. The highest BCUT2D eigenvalue weighted by atomic mass is 14.9. The first-order chi connectivity index (χ1) is 16.5. The molecular formula is C30H28N4. The van der Waals surface area contributed by atoms with Crippen molar-refractivity contribution in [2.75, 3.05) is 0 Å². The molecule has 0 spiro atoms. The van der Waals surface area contributed by atoms with E-state index in [1.54, 1.807) is 0 Å². The molecule has 2 aromatic heterocycles. The number of pyridine rings is 1. The van der Waals surface area contributed by atoms with Gasteiger partial charge in [-0.3, -0.25) is 9.98 Å². The van der Waals surface area contributed by atoms with Crippen LogP contribution in [0.3, 0.4) is 0 Å². The number of hydrogen-bond donors (Lipinski definition) is 1. The lowest BCUT2D eigenvalue weighted by Gasteiger charge is -2.09. The van der Waals surface area contributed by atoms with E-state index in [0.29, 0.717) is 11.8 Å². The molecule has 1 aliphatic heterocycles. The van der Waals surface area contributed by atoms with Crippen molar-refractivity contribution in [2.45, 2.75) is 40.0 Å². The third kappa shape index (κ3) is 3.50. The van der Waals surface area contributed by atoms with E-state index in [0.717, 1.165) is 45.8 Å². The largest absolute Gasteiger partial charge is 0.342 e. The Labute approximate surface area is 199 Å². The van der Waals surface area contributed by atoms with E-state index in [1.807, 2.05) is 12.4 Å². The van der Waals surface area contributed by atoms with Gasteiger partial charge in [0.25, 0.3) is 0 Å². The minimum atomic E-state index is 0.381. The van der Waals surface area contributed by atoms with Crippen LogP contribution in [0.2, 0.25) is 0 Å². The number of nitrogens with zero attached hydrogens (tertiary/aromatic N) is 3. The van der Waals surface area contributed by atoms with Gasteiger partial charge in [-0.15, -0.1) is 0 Å². The molecule has 0 unspecified atom stereocenters. The molecule has 168 valence electrons. The first kappa shape index (κ1) is 20.8. The third-order valence-electron chi connectivity index (χ3n) is 6.87. The molecule has 34 heavy (non-hydrogen) atoms. The van der Waals surface area contributed by atoms with Crippen molar-refractivity contribution in [1.29, 1.82) is 0 Å². The molecule has 0 saturated heterocycles. The molecular weight excluding hydrogens is 416 g/mol. The summed E-state index contributed by atoms with van der Waals surface area (Å²) in [5, 5.41) is 4.85. The molecule has 0 aliphatic carbocycles. The lowest BCUT2D eigenvalue weighted by atomic mass is 9.95. The molecule has 0 saturated carbocycles. The Morgan fingerprint density at radius 1 is 0.735 bits per heavy atom. The zero-order valence-corrected chi connectivity index (χ0v) is 20.1. The molecule has 0 radical (unpaired) electrons. The van der Waals surface area contributed by atoms with Crippen LogP contribution < -0.4 is 0 Å². The lowest BCUT2D eigenvalue weighted by Crippen LogP contribution is -2.06. The predicted molar refractivity (Wildman–Crippen MR) is 142 cm³/mol. The number of aromatic nitrogens is 3. The van der Waals surface area contributed by atoms with Crippen LogP contribution >= 0.6 is 0 Å². The van der Waals surface area contributed by atoms with Gasteiger partial charge in [-0.05, 0) is 51.9 Å². The van der Waals surface area contributed by atoms with Crippen LogP contribution in [0, 0.1) is 5.92 Å². The molecule has 4 heteroatoms. The van der Waals surface area contributed by atoms with Crippen molar-refractivity contribution < 1.29 is 0 Å². The average molecular weight is 445 g/mol. The van der Waals surface area contributed by atoms with E-state index < -0.39 is 0 Å². The summed E-state index contributed by atoms with van der Waals surface area (Å²) in [6.45, 7) is 8.73. The SMILES string of the molecule is CC(C)C1=Nc2ccc3cc(-c4cc5ccc(-c6cnc(C(C)C)[nH]6)cc5cn4)ccc3c2C1. The molecule has 4 nitrogen and oxygen atoms in total. The summed E-state index contributed by atoms with van der Waals surface area (Å²) in [5.74, 6) is 1.87. The van der Waals surface area contributed by atoms with Gasteiger partial charge in [0.05, 0.1) is 23.3 Å². The number of aromatic amines is 1. The van der Waals surface area contributed by atoms with Crippen molar-refractivity contribution in [3.63, 3.8) is 0 Å². The smallest absolute Gasteiger partial charge is 0.109 e. The highest BCUT2D eigenvalue weighted by Gasteiger charge is 2.19. The maximum Gasteiger partial charge on any atom is 0.109 e. The van der Waals surface area contributed by atoms with E-state index in [-0.39, 0.29) is 0 Å². The maximum absolute atomic E-state index is 4.85. The first-order valence-electron chi connectivity index (χ1n) is 12.0. The summed E-state index contributed by atoms with van der Waals surface area (Å²) >= 11 is 0. The zero-order chi connectivity index (χ0) is 23.4. The van der Waals surface area contributed by atoms with E-state index in [4.69, 9.17) is 9.98 Å². The number of nitrogens with one attached hydrogen (secondary N) is 1. The monoisotopic (exact) mass is 444 g/mol. The van der Waals surface area contributed by atoms with Crippen molar-refractivity contribution in [1.82, 2.24) is 15.0 Å². The van der Waals surface area contributed by atoms with Crippen LogP contribution in [0.25, 0.3) is 44.1 Å². The zero-order valence-electron chi connectivity index (χ0n) is 20.1. The average Bonchev–Trinajstić information content (AvgIpc) is 3.51. The summed E-state index contributed by atoms with van der Waals surface area (Å²) < 4.78 is 0. The van der Waals surface area contributed by atoms with E-state index in [1.165, 1.54) is 27.4 Å². The number of imidazole rings is 1. The fourth-order valence-corrected chi connectivity index (χ4v) is 4.78. The number of benzene rings is 3. The summed E-state index contributed by atoms with van der Waals surface area (Å²) in [7, 11) is 0. The van der Waals surface area contributed by atoms with Crippen molar-refractivity contribution >= 4 is 32.9 Å². The quantitative estimate of drug-likeness (QED) is 0.307. The molecule has 6 rings (SSSR count). The molecule has 5 aromatic rings. The fourth-order valence-electron chi connectivity index (χ4n) is 4.78. The van der Waals surface area contributed by atoms with Gasteiger partial charge in [0, 0.05) is 40.8 Å². The van der Waals surface area contributed by atoms with Crippen LogP contribution in [0.4, 0.5) is 5.69 Å². The van der Waals surface area contributed by atoms with Crippen LogP contribution in [0.1, 0.15) is 45.0 Å². The van der Waals surface area contributed by atoms with E-state index in [2.05, 4.69) is 92.3 Å². The van der Waals surface area contributed by atoms with Crippen LogP contribution in [-0.2, 0) is 6.42 Å². The highest BCUT2D eigenvalue weighted by molar-refractivity contribution is 6.03. The van der Waals surface area contributed by atoms with Gasteiger partial charge in [-0.25, -0.2) is 4.98 Å². The molecule has 1 N–H and O–H groups in total. The van der Waals surface area contributed by atoms with Crippen LogP contribution in [-0.4, -0.2) is 20.7 Å². The van der Waals surface area contributed by atoms with Crippen LogP contribution in [0.15, 0.2) is 72.0 Å². The van der Waals surface area contributed by atoms with E-state index >= 15 is 0 Å². The maximum atomic E-state index is 4.85. The number of rotatable bonds is 4. The molecule has 3 heterocycles. The van der Waals surface area contributed by atoms with Crippen molar-refractivity contribution in [3.05, 3.63) is 78.4 Å². The number of fused-ring (bicyclic) bond motifs is 4. The standard InChI is InChI=1S/C30H28N4/c1-17(2)27-14-25-24-9-7-21(11-20(24)8-10-26(25)33-27)28-13-19-5-6-22(12-23(19)15-31-28)29-16-32-30(34-29)18(3)4/h5-13,15-18H,14H2,1-4H3,(H,32,34). The second-order valence-corrected chi connectivity index (χ2v) is 9.90. The fraction of sp³-hybridized carbons (Fsp3) is 0.233. The van der Waals surface area contributed by atoms with Gasteiger partial charge >= 0.3 is 0 Å². The summed E-state index contributed by atoms with van der Waals surface area (Å²) in [4.78, 5) is 17.6.